The number of anilines is 1. The molecule has 0 spiro atoms. The molecule has 198 valence electrons. The number of pyridine rings is 2. The minimum absolute atomic E-state index is 0.248. The lowest BCUT2D eigenvalue weighted by molar-refractivity contribution is 0.0692. The molecule has 0 saturated heterocycles. The van der Waals surface area contributed by atoms with Gasteiger partial charge in [-0.15, -0.1) is 0 Å². The van der Waals surface area contributed by atoms with Crippen LogP contribution >= 0.6 is 0 Å². The molecule has 0 saturated carbocycles. The highest BCUT2D eigenvalue weighted by Crippen LogP contribution is 2.32. The van der Waals surface area contributed by atoms with Gasteiger partial charge in [0.25, 0.3) is 0 Å². The summed E-state index contributed by atoms with van der Waals surface area (Å²) in [6, 6.07) is 17.5. The van der Waals surface area contributed by atoms with Crippen LogP contribution in [0.3, 0.4) is 0 Å². The van der Waals surface area contributed by atoms with Crippen molar-refractivity contribution in [1.29, 1.82) is 0 Å². The fraction of sp³-hybridized carbons (Fsp3) is 0.172. The number of ether oxygens (including phenoxy) is 1. The number of nitrogens with two attached hydrogens (primary N) is 1. The maximum Gasteiger partial charge on any atom is 0.338 e. The molecule has 0 aliphatic heterocycles. The quantitative estimate of drug-likeness (QED) is 0.183. The van der Waals surface area contributed by atoms with Crippen LogP contribution in [0, 0.1) is 12.7 Å². The Morgan fingerprint density at radius 3 is 2.79 bits per heavy atom. The summed E-state index contributed by atoms with van der Waals surface area (Å²) in [6.45, 7) is 3.24. The van der Waals surface area contributed by atoms with Gasteiger partial charge < -0.3 is 25.9 Å². The van der Waals surface area contributed by atoms with E-state index in [1.165, 1.54) is 12.1 Å². The van der Waals surface area contributed by atoms with Crippen LogP contribution < -0.4 is 15.8 Å². The van der Waals surface area contributed by atoms with Crippen molar-refractivity contribution in [2.24, 2.45) is 5.73 Å². The van der Waals surface area contributed by atoms with Crippen molar-refractivity contribution in [3.63, 3.8) is 0 Å². The zero-order valence-electron chi connectivity index (χ0n) is 21.2. The number of aromatic nitrogens is 4. The average molecular weight is 527 g/mol. The van der Waals surface area contributed by atoms with Crippen molar-refractivity contribution < 1.29 is 19.0 Å². The first-order chi connectivity index (χ1) is 18.9. The summed E-state index contributed by atoms with van der Waals surface area (Å²) < 4.78 is 19.6. The van der Waals surface area contributed by atoms with E-state index in [4.69, 9.17) is 15.5 Å². The third-order valence-corrected chi connectivity index (χ3v) is 6.10. The molecule has 5 N–H and O–H groups in total. The zero-order chi connectivity index (χ0) is 27.4. The van der Waals surface area contributed by atoms with E-state index >= 15 is 0 Å². The van der Waals surface area contributed by atoms with Crippen molar-refractivity contribution >= 4 is 22.6 Å². The Bertz CT molecular complexity index is 1650. The van der Waals surface area contributed by atoms with Gasteiger partial charge in [0.05, 0.1) is 47.5 Å². The molecule has 3 heterocycles. The molecule has 0 amide bonds. The molecule has 0 atom stereocenters. The van der Waals surface area contributed by atoms with E-state index in [0.717, 1.165) is 46.0 Å². The highest BCUT2D eigenvalue weighted by Gasteiger charge is 2.17. The number of aromatic carboxylic acids is 1. The number of carbonyl (C=O) groups is 1. The van der Waals surface area contributed by atoms with Crippen molar-refractivity contribution in [2.75, 3.05) is 18.5 Å². The van der Waals surface area contributed by atoms with E-state index < -0.39 is 17.3 Å². The number of benzene rings is 2. The Balaban J connectivity index is 1.50. The Hall–Kier alpha value is -4.83. The Kier molecular flexibility index (Phi) is 7.46. The molecule has 5 rings (SSSR count). The van der Waals surface area contributed by atoms with Gasteiger partial charge in [-0.1, -0.05) is 12.1 Å². The van der Waals surface area contributed by atoms with E-state index in [9.17, 15) is 14.3 Å². The summed E-state index contributed by atoms with van der Waals surface area (Å²) in [5.74, 6) is -0.856. The topological polar surface area (TPSA) is 139 Å². The van der Waals surface area contributed by atoms with Crippen LogP contribution in [0.25, 0.3) is 33.5 Å². The number of nitrogens with one attached hydrogen (secondary N) is 2. The third kappa shape index (κ3) is 5.86. The molecule has 0 bridgehead atoms. The monoisotopic (exact) mass is 526 g/mol. The number of carboxylic acids is 1. The number of rotatable bonds is 10. The van der Waals surface area contributed by atoms with E-state index in [1.807, 2.05) is 49.4 Å². The van der Waals surface area contributed by atoms with Crippen molar-refractivity contribution in [3.8, 4) is 28.4 Å². The van der Waals surface area contributed by atoms with E-state index in [0.29, 0.717) is 36.1 Å². The van der Waals surface area contributed by atoms with Crippen molar-refractivity contribution in [3.05, 3.63) is 89.8 Å². The fourth-order valence-corrected chi connectivity index (χ4v) is 4.18. The number of aromatic amines is 1. The summed E-state index contributed by atoms with van der Waals surface area (Å²) in [7, 11) is 0. The number of aryl methyl sites for hydroxylation is 1. The first-order valence-corrected chi connectivity index (χ1v) is 12.4. The highest BCUT2D eigenvalue weighted by atomic mass is 19.1. The lowest BCUT2D eigenvalue weighted by atomic mass is 10.1. The van der Waals surface area contributed by atoms with Crippen LogP contribution in [0.4, 0.5) is 10.1 Å². The molecule has 3 aromatic heterocycles. The maximum atomic E-state index is 13.8. The van der Waals surface area contributed by atoms with E-state index in [2.05, 4.69) is 20.3 Å². The normalized spacial score (nSPS) is 11.1. The second-order valence-electron chi connectivity index (χ2n) is 8.99. The van der Waals surface area contributed by atoms with Crippen LogP contribution in [-0.2, 0) is 6.54 Å². The molecule has 2 aromatic carbocycles. The molecule has 5 aromatic rings. The van der Waals surface area contributed by atoms with Crippen LogP contribution in [0.15, 0.2) is 66.9 Å². The molecular weight excluding hydrogens is 499 g/mol. The molecule has 10 heteroatoms. The van der Waals surface area contributed by atoms with Gasteiger partial charge in [-0.3, -0.25) is 9.97 Å². The van der Waals surface area contributed by atoms with Crippen LogP contribution in [0.1, 0.15) is 28.3 Å². The van der Waals surface area contributed by atoms with Gasteiger partial charge in [-0.05, 0) is 68.4 Å². The summed E-state index contributed by atoms with van der Waals surface area (Å²) in [5.41, 5.74) is 10.3. The number of fused-ring (bicyclic) bond motifs is 1. The van der Waals surface area contributed by atoms with Gasteiger partial charge in [-0.2, -0.15) is 0 Å². The first-order valence-electron chi connectivity index (χ1n) is 12.4. The summed E-state index contributed by atoms with van der Waals surface area (Å²) in [6.07, 6.45) is 2.45. The molecule has 9 nitrogen and oxygen atoms in total. The van der Waals surface area contributed by atoms with E-state index in [1.54, 1.807) is 6.20 Å². The second kappa shape index (κ2) is 11.3. The number of hydrogen-bond donors (Lipinski definition) is 4. The van der Waals surface area contributed by atoms with Gasteiger partial charge in [0.2, 0.25) is 0 Å². The lowest BCUT2D eigenvalue weighted by Gasteiger charge is -2.08. The maximum absolute atomic E-state index is 13.8. The molecule has 0 aliphatic carbocycles. The fourth-order valence-electron chi connectivity index (χ4n) is 4.18. The van der Waals surface area contributed by atoms with Gasteiger partial charge >= 0.3 is 5.97 Å². The Morgan fingerprint density at radius 1 is 1.13 bits per heavy atom. The van der Waals surface area contributed by atoms with Gasteiger partial charge in [0, 0.05) is 22.3 Å². The number of halogens is 1. The first kappa shape index (κ1) is 25.8. The van der Waals surface area contributed by atoms with Gasteiger partial charge in [0.15, 0.2) is 0 Å². The number of H-pyrrole nitrogens is 1. The standard InChI is InChI=1S/C29H27FN6O3/c1-17-4-2-5-25(34-17)28-27(18-6-9-24-19(12-18)13-21(15-33-24)39-11-3-10-31)35-26(36-28)16-32-20-7-8-23(30)22(14-20)29(37)38/h2,4-9,12-15,32H,3,10-11,16,31H2,1H3,(H,35,36)(H,37,38). The highest BCUT2D eigenvalue weighted by molar-refractivity contribution is 5.89. The SMILES string of the molecule is Cc1cccc(-c2[nH]c(CNc3ccc(F)c(C(=O)O)c3)nc2-c2ccc3ncc(OCCCN)cc3c2)n1. The van der Waals surface area contributed by atoms with E-state index in [-0.39, 0.29) is 6.54 Å². The molecule has 0 fully saturated rings. The molecule has 39 heavy (non-hydrogen) atoms. The minimum atomic E-state index is -1.33. The number of hydrogen-bond acceptors (Lipinski definition) is 7. The lowest BCUT2D eigenvalue weighted by Crippen LogP contribution is -2.06. The minimum Gasteiger partial charge on any atom is -0.492 e. The summed E-state index contributed by atoms with van der Waals surface area (Å²) >= 11 is 0. The molecule has 0 unspecified atom stereocenters. The van der Waals surface area contributed by atoms with Crippen LogP contribution in [0.5, 0.6) is 5.75 Å². The van der Waals surface area contributed by atoms with Gasteiger partial charge in [0.1, 0.15) is 17.4 Å². The summed E-state index contributed by atoms with van der Waals surface area (Å²) in [5, 5.41) is 13.2. The molecular formula is C29H27FN6O3. The molecule has 0 radical (unpaired) electrons. The smallest absolute Gasteiger partial charge is 0.338 e. The summed E-state index contributed by atoms with van der Waals surface area (Å²) in [4.78, 5) is 28.7. The van der Waals surface area contributed by atoms with Crippen molar-refractivity contribution in [1.82, 2.24) is 19.9 Å². The average Bonchev–Trinajstić information content (AvgIpc) is 3.37. The third-order valence-electron chi connectivity index (χ3n) is 6.10. The number of nitrogens with zero attached hydrogens (tertiary/aromatic N) is 3. The van der Waals surface area contributed by atoms with Crippen LogP contribution in [-0.4, -0.2) is 44.2 Å². The Labute approximate surface area is 223 Å². The van der Waals surface area contributed by atoms with Crippen molar-refractivity contribution in [2.45, 2.75) is 19.9 Å². The predicted octanol–water partition coefficient (Wildman–Crippen LogP) is 5.17. The number of carboxylic acid groups (broad SMARTS) is 1. The second-order valence-corrected chi connectivity index (χ2v) is 8.99. The number of imidazole rings is 1. The van der Waals surface area contributed by atoms with Crippen LogP contribution in [0.2, 0.25) is 0 Å². The predicted molar refractivity (Wildman–Crippen MR) is 147 cm³/mol. The van der Waals surface area contributed by atoms with Gasteiger partial charge in [-0.25, -0.2) is 14.2 Å². The largest absolute Gasteiger partial charge is 0.492 e. The zero-order valence-corrected chi connectivity index (χ0v) is 21.2. The Morgan fingerprint density at radius 2 is 2.00 bits per heavy atom. The molecule has 0 aliphatic rings.